The molecule has 1 fully saturated rings. The molecule has 2 N–H and O–H groups in total. The zero-order chi connectivity index (χ0) is 17.1. The Balaban J connectivity index is 1.75. The number of rotatable bonds is 4. The maximum atomic E-state index is 11.7. The van der Waals surface area contributed by atoms with Crippen molar-refractivity contribution in [3.05, 3.63) is 23.5 Å². The van der Waals surface area contributed by atoms with Crippen LogP contribution in [0.3, 0.4) is 0 Å². The van der Waals surface area contributed by atoms with Crippen LogP contribution >= 0.6 is 0 Å². The summed E-state index contributed by atoms with van der Waals surface area (Å²) in [6.07, 6.45) is 4.30. The summed E-state index contributed by atoms with van der Waals surface area (Å²) in [5, 5.41) is 12.7. The highest BCUT2D eigenvalue weighted by Gasteiger charge is 2.20. The van der Waals surface area contributed by atoms with E-state index in [9.17, 15) is 4.79 Å². The summed E-state index contributed by atoms with van der Waals surface area (Å²) in [5.41, 5.74) is 7.59. The van der Waals surface area contributed by atoms with Crippen LogP contribution in [0.15, 0.2) is 12.1 Å². The van der Waals surface area contributed by atoms with Gasteiger partial charge in [-0.1, -0.05) is 0 Å². The normalized spacial score (nSPS) is 20.8. The van der Waals surface area contributed by atoms with Crippen LogP contribution in [-0.2, 0) is 11.3 Å². The smallest absolute Gasteiger partial charge is 0.356 e. The van der Waals surface area contributed by atoms with Crippen LogP contribution in [-0.4, -0.2) is 44.3 Å². The third-order valence-corrected chi connectivity index (χ3v) is 4.37. The number of esters is 1. The molecule has 24 heavy (non-hydrogen) atoms. The number of aromatic nitrogens is 5. The predicted octanol–water partition coefficient (Wildman–Crippen LogP) is 1.35. The van der Waals surface area contributed by atoms with Crippen molar-refractivity contribution in [2.24, 2.45) is 11.7 Å². The number of nitrogens with zero attached hydrogens (tertiary/aromatic N) is 5. The number of ether oxygens (including phenoxy) is 1. The quantitative estimate of drug-likeness (QED) is 0.843. The highest BCUT2D eigenvalue weighted by molar-refractivity contribution is 5.88. The van der Waals surface area contributed by atoms with E-state index in [1.807, 2.05) is 13.0 Å². The van der Waals surface area contributed by atoms with E-state index in [-0.39, 0.29) is 5.69 Å². The molecule has 8 nitrogen and oxygen atoms in total. The number of aryl methyl sites for hydroxylation is 1. The molecule has 1 aliphatic carbocycles. The predicted molar refractivity (Wildman–Crippen MR) is 87.1 cm³/mol. The van der Waals surface area contributed by atoms with E-state index in [4.69, 9.17) is 10.5 Å². The second kappa shape index (κ2) is 7.04. The minimum atomic E-state index is -0.481. The zero-order valence-electron chi connectivity index (χ0n) is 14.0. The Kier molecular flexibility index (Phi) is 4.84. The lowest BCUT2D eigenvalue weighted by molar-refractivity contribution is 0.0594. The van der Waals surface area contributed by atoms with E-state index < -0.39 is 5.97 Å². The zero-order valence-corrected chi connectivity index (χ0v) is 14.0. The average molecular weight is 330 g/mol. The van der Waals surface area contributed by atoms with Crippen LogP contribution in [0.4, 0.5) is 0 Å². The monoisotopic (exact) mass is 330 g/mol. The first-order valence-electron chi connectivity index (χ1n) is 8.16. The summed E-state index contributed by atoms with van der Waals surface area (Å²) >= 11 is 0. The van der Waals surface area contributed by atoms with Crippen LogP contribution in [0.1, 0.15) is 41.9 Å². The Morgan fingerprint density at radius 2 is 2.08 bits per heavy atom. The van der Waals surface area contributed by atoms with E-state index in [2.05, 4.69) is 20.4 Å². The van der Waals surface area contributed by atoms with E-state index in [0.717, 1.165) is 32.2 Å². The van der Waals surface area contributed by atoms with Gasteiger partial charge >= 0.3 is 5.97 Å². The molecule has 2 heterocycles. The highest BCUT2D eigenvalue weighted by Crippen LogP contribution is 2.24. The molecule has 0 saturated heterocycles. The molecule has 0 bridgehead atoms. The fraction of sp³-hybridized carbons (Fsp3) is 0.562. The second-order valence-electron chi connectivity index (χ2n) is 6.32. The lowest BCUT2D eigenvalue weighted by atomic mass is 9.86. The number of carbonyl (C=O) groups excluding carboxylic acids is 1. The Bertz CT molecular complexity index is 721. The molecular weight excluding hydrogens is 308 g/mol. The average Bonchev–Trinajstić information content (AvgIpc) is 3.04. The number of carbonyl (C=O) groups is 1. The molecule has 0 aromatic carbocycles. The summed E-state index contributed by atoms with van der Waals surface area (Å²) in [6.45, 7) is 2.55. The van der Waals surface area contributed by atoms with Gasteiger partial charge in [0.15, 0.2) is 0 Å². The first-order chi connectivity index (χ1) is 11.5. The Morgan fingerprint density at radius 3 is 2.79 bits per heavy atom. The molecule has 0 atom stereocenters. The van der Waals surface area contributed by atoms with Crippen molar-refractivity contribution in [1.29, 1.82) is 0 Å². The van der Waals surface area contributed by atoms with Crippen molar-refractivity contribution in [3.63, 3.8) is 0 Å². The summed E-state index contributed by atoms with van der Waals surface area (Å²) in [4.78, 5) is 17.5. The molecule has 1 aliphatic rings. The molecule has 3 rings (SSSR count). The van der Waals surface area contributed by atoms with Gasteiger partial charge in [-0.2, -0.15) is 4.80 Å². The summed E-state index contributed by atoms with van der Waals surface area (Å²) in [7, 11) is 1.33. The lowest BCUT2D eigenvalue weighted by Crippen LogP contribution is -2.28. The van der Waals surface area contributed by atoms with Crippen molar-refractivity contribution in [2.45, 2.75) is 45.2 Å². The molecule has 0 amide bonds. The number of methoxy groups -OCH3 is 1. The maximum absolute atomic E-state index is 11.7. The van der Waals surface area contributed by atoms with E-state index >= 15 is 0 Å². The standard InChI is InChI=1S/C16H22N6O2/c1-10-7-12(8-14(18-10)16(23)24-2)15-19-21-22(20-15)9-11-3-5-13(17)6-4-11/h7-8,11,13H,3-6,9,17H2,1-2H3/t11-,13-. The van der Waals surface area contributed by atoms with Gasteiger partial charge in [-0.3, -0.25) is 0 Å². The van der Waals surface area contributed by atoms with E-state index in [1.165, 1.54) is 7.11 Å². The molecule has 128 valence electrons. The fourth-order valence-corrected chi connectivity index (χ4v) is 3.04. The summed E-state index contributed by atoms with van der Waals surface area (Å²) in [6, 6.07) is 3.78. The Labute approximate surface area is 140 Å². The van der Waals surface area contributed by atoms with Gasteiger partial charge in [-0.05, 0) is 55.9 Å². The van der Waals surface area contributed by atoms with Crippen molar-refractivity contribution < 1.29 is 9.53 Å². The summed E-state index contributed by atoms with van der Waals surface area (Å²) in [5.74, 6) is 0.542. The largest absolute Gasteiger partial charge is 0.464 e. The molecule has 0 aliphatic heterocycles. The first kappa shape index (κ1) is 16.5. The van der Waals surface area contributed by atoms with Gasteiger partial charge in [0, 0.05) is 17.3 Å². The number of tetrazole rings is 1. The Hall–Kier alpha value is -2.35. The van der Waals surface area contributed by atoms with Gasteiger partial charge in [0.25, 0.3) is 0 Å². The Morgan fingerprint density at radius 1 is 1.33 bits per heavy atom. The minimum absolute atomic E-state index is 0.241. The van der Waals surface area contributed by atoms with Gasteiger partial charge in [-0.25, -0.2) is 9.78 Å². The molecule has 1 saturated carbocycles. The third-order valence-electron chi connectivity index (χ3n) is 4.37. The molecule has 0 unspecified atom stereocenters. The van der Waals surface area contributed by atoms with Crippen LogP contribution in [0.25, 0.3) is 11.4 Å². The molecule has 0 radical (unpaired) electrons. The van der Waals surface area contributed by atoms with Gasteiger partial charge in [0.1, 0.15) is 5.69 Å². The molecule has 2 aromatic rings. The second-order valence-corrected chi connectivity index (χ2v) is 6.32. The molecular formula is C16H22N6O2. The van der Waals surface area contributed by atoms with Crippen LogP contribution in [0, 0.1) is 12.8 Å². The fourth-order valence-electron chi connectivity index (χ4n) is 3.04. The number of pyridine rings is 1. The van der Waals surface area contributed by atoms with Crippen molar-refractivity contribution in [3.8, 4) is 11.4 Å². The topological polar surface area (TPSA) is 109 Å². The van der Waals surface area contributed by atoms with E-state index in [0.29, 0.717) is 29.0 Å². The van der Waals surface area contributed by atoms with E-state index in [1.54, 1.807) is 10.9 Å². The lowest BCUT2D eigenvalue weighted by Gasteiger charge is -2.25. The first-order valence-corrected chi connectivity index (χ1v) is 8.16. The van der Waals surface area contributed by atoms with Gasteiger partial charge in [0.2, 0.25) is 5.82 Å². The highest BCUT2D eigenvalue weighted by atomic mass is 16.5. The van der Waals surface area contributed by atoms with Gasteiger partial charge in [0.05, 0.1) is 13.7 Å². The maximum Gasteiger partial charge on any atom is 0.356 e. The van der Waals surface area contributed by atoms with Gasteiger partial charge < -0.3 is 10.5 Å². The molecule has 2 aromatic heterocycles. The van der Waals surface area contributed by atoms with Gasteiger partial charge in [-0.15, -0.1) is 10.2 Å². The number of nitrogens with two attached hydrogens (primary N) is 1. The third kappa shape index (κ3) is 3.76. The van der Waals surface area contributed by atoms with Crippen LogP contribution < -0.4 is 5.73 Å². The summed E-state index contributed by atoms with van der Waals surface area (Å²) < 4.78 is 4.72. The van der Waals surface area contributed by atoms with Crippen molar-refractivity contribution in [2.75, 3.05) is 7.11 Å². The van der Waals surface area contributed by atoms with Crippen molar-refractivity contribution >= 4 is 5.97 Å². The minimum Gasteiger partial charge on any atom is -0.464 e. The number of hydrogen-bond acceptors (Lipinski definition) is 7. The van der Waals surface area contributed by atoms with Crippen molar-refractivity contribution in [1.82, 2.24) is 25.2 Å². The molecule has 0 spiro atoms. The molecule has 8 heteroatoms. The van der Waals surface area contributed by atoms with Crippen LogP contribution in [0.2, 0.25) is 0 Å². The van der Waals surface area contributed by atoms with Crippen LogP contribution in [0.5, 0.6) is 0 Å². The number of hydrogen-bond donors (Lipinski definition) is 1. The SMILES string of the molecule is COC(=O)c1cc(-c2nnn(C[C@H]3CC[C@H](N)CC3)n2)cc(C)n1.